The molecule has 0 saturated heterocycles. The van der Waals surface area contributed by atoms with Crippen molar-refractivity contribution in [3.05, 3.63) is 29.4 Å². The van der Waals surface area contributed by atoms with Gasteiger partial charge in [-0.3, -0.25) is 0 Å². The highest BCUT2D eigenvalue weighted by Crippen LogP contribution is 2.40. The minimum absolute atomic E-state index is 0.428. The second kappa shape index (κ2) is 7.31. The van der Waals surface area contributed by atoms with Crippen LogP contribution in [0.2, 0.25) is 0 Å². The molecule has 0 unspecified atom stereocenters. The summed E-state index contributed by atoms with van der Waals surface area (Å²) in [6.07, 6.45) is 5.34. The maximum absolute atomic E-state index is 6.38. The summed E-state index contributed by atoms with van der Waals surface area (Å²) >= 11 is 0. The van der Waals surface area contributed by atoms with Gasteiger partial charge in [0, 0.05) is 6.42 Å². The zero-order valence-corrected chi connectivity index (χ0v) is 15.0. The molecule has 0 bridgehead atoms. The second-order valence-electron chi connectivity index (χ2n) is 6.37. The van der Waals surface area contributed by atoms with Gasteiger partial charge in [0.2, 0.25) is 11.6 Å². The monoisotopic (exact) mass is 347 g/mol. The van der Waals surface area contributed by atoms with Crippen LogP contribution in [0.1, 0.15) is 43.0 Å². The molecule has 0 amide bonds. The van der Waals surface area contributed by atoms with Gasteiger partial charge < -0.3 is 24.5 Å². The molecule has 1 fully saturated rings. The van der Waals surface area contributed by atoms with Crippen LogP contribution in [0.3, 0.4) is 0 Å². The average molecular weight is 347 g/mol. The van der Waals surface area contributed by atoms with Crippen LogP contribution in [0.5, 0.6) is 17.2 Å². The summed E-state index contributed by atoms with van der Waals surface area (Å²) in [5.41, 5.74) is 6.94. The second-order valence-corrected chi connectivity index (χ2v) is 6.37. The van der Waals surface area contributed by atoms with Crippen LogP contribution in [0.15, 0.2) is 16.7 Å². The van der Waals surface area contributed by atoms with Gasteiger partial charge in [-0.05, 0) is 30.9 Å². The van der Waals surface area contributed by atoms with E-state index in [1.54, 1.807) is 21.3 Å². The van der Waals surface area contributed by atoms with Gasteiger partial charge >= 0.3 is 0 Å². The van der Waals surface area contributed by atoms with Gasteiger partial charge in [0.25, 0.3) is 0 Å². The number of rotatable bonds is 7. The normalized spacial score (nSPS) is 16.0. The summed E-state index contributed by atoms with van der Waals surface area (Å²) in [6.45, 7) is 0. The first-order chi connectivity index (χ1) is 12.1. The van der Waals surface area contributed by atoms with E-state index in [1.807, 2.05) is 12.1 Å². The maximum atomic E-state index is 6.38. The van der Waals surface area contributed by atoms with E-state index in [2.05, 4.69) is 10.1 Å². The van der Waals surface area contributed by atoms with E-state index in [-0.39, 0.29) is 0 Å². The highest BCUT2D eigenvalue weighted by atomic mass is 16.5. The lowest BCUT2D eigenvalue weighted by molar-refractivity contribution is 0.321. The fourth-order valence-corrected chi connectivity index (χ4v) is 3.39. The molecule has 0 atom stereocenters. The molecule has 3 rings (SSSR count). The maximum Gasteiger partial charge on any atom is 0.227 e. The van der Waals surface area contributed by atoms with E-state index in [9.17, 15) is 0 Å². The molecule has 1 heterocycles. The first kappa shape index (κ1) is 17.5. The number of methoxy groups -OCH3 is 3. The first-order valence-electron chi connectivity index (χ1n) is 8.51. The zero-order chi connectivity index (χ0) is 17.9. The molecule has 7 heteroatoms. The molecule has 1 saturated carbocycles. The molecule has 0 spiro atoms. The van der Waals surface area contributed by atoms with Crippen LogP contribution >= 0.6 is 0 Å². The predicted octanol–water partition coefficient (Wildman–Crippen LogP) is 2.61. The summed E-state index contributed by atoms with van der Waals surface area (Å²) in [5, 5.41) is 4.10. The van der Waals surface area contributed by atoms with Crippen LogP contribution in [-0.4, -0.2) is 31.5 Å². The summed E-state index contributed by atoms with van der Waals surface area (Å²) < 4.78 is 21.6. The Morgan fingerprint density at radius 2 is 1.76 bits per heavy atom. The fraction of sp³-hybridized carbons (Fsp3) is 0.556. The van der Waals surface area contributed by atoms with Crippen molar-refractivity contribution < 1.29 is 18.7 Å². The van der Waals surface area contributed by atoms with Gasteiger partial charge in [0.15, 0.2) is 17.3 Å². The highest BCUT2D eigenvalue weighted by molar-refractivity contribution is 5.55. The summed E-state index contributed by atoms with van der Waals surface area (Å²) in [6, 6.07) is 3.82. The topological polar surface area (TPSA) is 92.6 Å². The smallest absolute Gasteiger partial charge is 0.227 e. The lowest BCUT2D eigenvalue weighted by atomic mass is 9.99. The number of hydrogen-bond acceptors (Lipinski definition) is 7. The van der Waals surface area contributed by atoms with E-state index in [0.717, 1.165) is 31.2 Å². The minimum atomic E-state index is -0.428. The Morgan fingerprint density at radius 1 is 1.04 bits per heavy atom. The van der Waals surface area contributed by atoms with Crippen molar-refractivity contribution >= 4 is 0 Å². The van der Waals surface area contributed by atoms with Gasteiger partial charge in [-0.25, -0.2) is 0 Å². The van der Waals surface area contributed by atoms with Gasteiger partial charge in [-0.2, -0.15) is 4.98 Å². The number of nitrogens with zero attached hydrogens (tertiary/aromatic N) is 2. The predicted molar refractivity (Wildman–Crippen MR) is 92.1 cm³/mol. The van der Waals surface area contributed by atoms with Gasteiger partial charge in [0.05, 0.1) is 26.9 Å². The third-order valence-corrected chi connectivity index (χ3v) is 4.80. The summed E-state index contributed by atoms with van der Waals surface area (Å²) in [4.78, 5) is 4.51. The van der Waals surface area contributed by atoms with E-state index in [4.69, 9.17) is 24.5 Å². The molecule has 0 radical (unpaired) electrons. The number of nitrogens with two attached hydrogens (primary N) is 1. The first-order valence-corrected chi connectivity index (χ1v) is 8.51. The Morgan fingerprint density at radius 3 is 2.40 bits per heavy atom. The lowest BCUT2D eigenvalue weighted by Crippen LogP contribution is -2.34. The van der Waals surface area contributed by atoms with E-state index >= 15 is 0 Å². The van der Waals surface area contributed by atoms with Crippen molar-refractivity contribution in [3.8, 4) is 17.2 Å². The molecule has 25 heavy (non-hydrogen) atoms. The third kappa shape index (κ3) is 3.42. The Labute approximate surface area is 147 Å². The van der Waals surface area contributed by atoms with E-state index in [1.165, 1.54) is 0 Å². The summed E-state index contributed by atoms with van der Waals surface area (Å²) in [5.74, 6) is 3.09. The number of ether oxygens (including phenoxy) is 3. The quantitative estimate of drug-likeness (QED) is 0.823. The van der Waals surface area contributed by atoms with Crippen LogP contribution < -0.4 is 19.9 Å². The van der Waals surface area contributed by atoms with Gasteiger partial charge in [-0.1, -0.05) is 24.1 Å². The highest BCUT2D eigenvalue weighted by Gasteiger charge is 2.35. The number of aromatic nitrogens is 2. The lowest BCUT2D eigenvalue weighted by Gasteiger charge is -2.17. The molecule has 0 aliphatic heterocycles. The zero-order valence-electron chi connectivity index (χ0n) is 15.0. The fourth-order valence-electron chi connectivity index (χ4n) is 3.39. The molecule has 7 nitrogen and oxygen atoms in total. The van der Waals surface area contributed by atoms with Crippen LogP contribution in [-0.2, 0) is 18.4 Å². The molecule has 1 aliphatic carbocycles. The van der Waals surface area contributed by atoms with Crippen LogP contribution in [0, 0.1) is 0 Å². The Kier molecular flexibility index (Phi) is 5.13. The number of hydrogen-bond donors (Lipinski definition) is 1. The molecule has 1 aliphatic rings. The molecular formula is C18H25N3O4. The van der Waals surface area contributed by atoms with Crippen molar-refractivity contribution in [2.75, 3.05) is 21.3 Å². The Bertz CT molecular complexity index is 723. The van der Waals surface area contributed by atoms with E-state index < -0.39 is 5.54 Å². The van der Waals surface area contributed by atoms with Crippen LogP contribution in [0.25, 0.3) is 0 Å². The standard InChI is InChI=1S/C18H25N3O4/c1-22-13-8-6-12(15(23-2)16(13)24-3)7-9-14-20-17(21-25-14)18(19)10-4-5-11-18/h6,8H,4-5,7,9-11,19H2,1-3H3. The van der Waals surface area contributed by atoms with Crippen molar-refractivity contribution in [1.29, 1.82) is 0 Å². The molecule has 136 valence electrons. The Balaban J connectivity index is 1.75. The Hall–Kier alpha value is -2.28. The van der Waals surface area contributed by atoms with E-state index in [0.29, 0.717) is 41.8 Å². The van der Waals surface area contributed by atoms with Crippen molar-refractivity contribution in [2.24, 2.45) is 5.73 Å². The van der Waals surface area contributed by atoms with Crippen LogP contribution in [0.4, 0.5) is 0 Å². The molecule has 1 aromatic heterocycles. The van der Waals surface area contributed by atoms with Crippen molar-refractivity contribution in [1.82, 2.24) is 10.1 Å². The largest absolute Gasteiger partial charge is 0.493 e. The van der Waals surface area contributed by atoms with Gasteiger partial charge in [0.1, 0.15) is 0 Å². The van der Waals surface area contributed by atoms with Crippen molar-refractivity contribution in [2.45, 2.75) is 44.1 Å². The molecule has 2 N–H and O–H groups in total. The minimum Gasteiger partial charge on any atom is -0.493 e. The molecular weight excluding hydrogens is 322 g/mol. The third-order valence-electron chi connectivity index (χ3n) is 4.80. The van der Waals surface area contributed by atoms with Crippen molar-refractivity contribution in [3.63, 3.8) is 0 Å². The summed E-state index contributed by atoms with van der Waals surface area (Å²) in [7, 11) is 4.81. The molecule has 2 aromatic rings. The molecule has 1 aromatic carbocycles. The van der Waals surface area contributed by atoms with Gasteiger partial charge in [-0.15, -0.1) is 0 Å². The number of aryl methyl sites for hydroxylation is 2. The SMILES string of the molecule is COc1ccc(CCc2nc(C3(N)CCCC3)no2)c(OC)c1OC. The average Bonchev–Trinajstić information content (AvgIpc) is 3.28. The number of benzene rings is 1.